The molecule has 1 aromatic carbocycles. The number of ether oxygens (including phenoxy) is 1. The normalized spacial score (nSPS) is 15.8. The van der Waals surface area contributed by atoms with Crippen molar-refractivity contribution in [3.63, 3.8) is 0 Å². The molecule has 5 nitrogen and oxygen atoms in total. The number of carbonyl (C=O) groups is 2. The maximum Gasteiger partial charge on any atom is 0.331 e. The molecule has 1 unspecified atom stereocenters. The van der Waals surface area contributed by atoms with Gasteiger partial charge < -0.3 is 15.2 Å². The minimum atomic E-state index is -1.09. The van der Waals surface area contributed by atoms with Crippen LogP contribution in [0.1, 0.15) is 24.4 Å². The molecule has 1 amide bonds. The van der Waals surface area contributed by atoms with Crippen LogP contribution in [0.15, 0.2) is 24.3 Å². The summed E-state index contributed by atoms with van der Waals surface area (Å²) < 4.78 is 5.12. The van der Waals surface area contributed by atoms with Crippen molar-refractivity contribution in [2.75, 3.05) is 7.11 Å². The van der Waals surface area contributed by atoms with Gasteiger partial charge in [-0.2, -0.15) is 0 Å². The molecule has 0 radical (unpaired) electrons. The monoisotopic (exact) mass is 249 g/mol. The average molecular weight is 249 g/mol. The number of aliphatic carboxylic acids is 1. The van der Waals surface area contributed by atoms with Gasteiger partial charge in [0, 0.05) is 11.5 Å². The largest absolute Gasteiger partial charge is 0.496 e. The van der Waals surface area contributed by atoms with Crippen LogP contribution in [-0.4, -0.2) is 24.1 Å². The van der Waals surface area contributed by atoms with Crippen molar-refractivity contribution in [1.82, 2.24) is 5.32 Å². The van der Waals surface area contributed by atoms with E-state index in [0.717, 1.165) is 12.8 Å². The van der Waals surface area contributed by atoms with Gasteiger partial charge in [0.1, 0.15) is 5.75 Å². The number of para-hydroxylation sites is 1. The second-order valence-corrected chi connectivity index (χ2v) is 4.30. The van der Waals surface area contributed by atoms with Crippen LogP contribution in [0.5, 0.6) is 5.75 Å². The highest BCUT2D eigenvalue weighted by atomic mass is 16.5. The Morgan fingerprint density at radius 1 is 1.39 bits per heavy atom. The summed E-state index contributed by atoms with van der Waals surface area (Å²) in [6.07, 6.45) is 1.67. The van der Waals surface area contributed by atoms with Gasteiger partial charge in [-0.25, -0.2) is 4.79 Å². The molecule has 1 atom stereocenters. The van der Waals surface area contributed by atoms with Crippen molar-refractivity contribution in [1.29, 1.82) is 0 Å². The number of carboxylic acid groups (broad SMARTS) is 1. The molecule has 18 heavy (non-hydrogen) atoms. The van der Waals surface area contributed by atoms with Crippen molar-refractivity contribution in [2.24, 2.45) is 5.92 Å². The molecule has 0 bridgehead atoms. The molecule has 1 fully saturated rings. The van der Waals surface area contributed by atoms with Gasteiger partial charge in [0.25, 0.3) is 0 Å². The molecule has 5 heteroatoms. The van der Waals surface area contributed by atoms with Crippen LogP contribution in [-0.2, 0) is 9.59 Å². The Hall–Kier alpha value is -2.04. The summed E-state index contributed by atoms with van der Waals surface area (Å²) in [5.41, 5.74) is 0.460. The highest BCUT2D eigenvalue weighted by Gasteiger charge is 2.33. The zero-order valence-corrected chi connectivity index (χ0v) is 10.1. The van der Waals surface area contributed by atoms with E-state index in [1.165, 1.54) is 7.11 Å². The zero-order chi connectivity index (χ0) is 13.1. The molecule has 2 N–H and O–H groups in total. The van der Waals surface area contributed by atoms with E-state index in [-0.39, 0.29) is 11.8 Å². The predicted octanol–water partition coefficient (Wildman–Crippen LogP) is 1.35. The summed E-state index contributed by atoms with van der Waals surface area (Å²) in [6.45, 7) is 0. The summed E-state index contributed by atoms with van der Waals surface area (Å²) in [7, 11) is 1.47. The van der Waals surface area contributed by atoms with E-state index in [1.54, 1.807) is 24.3 Å². The van der Waals surface area contributed by atoms with E-state index >= 15 is 0 Å². The third-order valence-electron chi connectivity index (χ3n) is 2.93. The van der Waals surface area contributed by atoms with Gasteiger partial charge in [-0.1, -0.05) is 18.2 Å². The highest BCUT2D eigenvalue weighted by Crippen LogP contribution is 2.31. The van der Waals surface area contributed by atoms with Crippen molar-refractivity contribution in [2.45, 2.75) is 18.9 Å². The second-order valence-electron chi connectivity index (χ2n) is 4.30. The lowest BCUT2D eigenvalue weighted by Gasteiger charge is -2.17. The second kappa shape index (κ2) is 5.08. The summed E-state index contributed by atoms with van der Waals surface area (Å²) in [4.78, 5) is 23.0. The van der Waals surface area contributed by atoms with Gasteiger partial charge in [0.05, 0.1) is 7.11 Å². The third-order valence-corrected chi connectivity index (χ3v) is 2.93. The number of hydrogen-bond acceptors (Lipinski definition) is 3. The van der Waals surface area contributed by atoms with Crippen LogP contribution in [0.3, 0.4) is 0 Å². The van der Waals surface area contributed by atoms with E-state index in [0.29, 0.717) is 11.3 Å². The van der Waals surface area contributed by atoms with E-state index < -0.39 is 12.0 Å². The number of nitrogens with one attached hydrogen (secondary N) is 1. The van der Waals surface area contributed by atoms with Crippen LogP contribution < -0.4 is 10.1 Å². The summed E-state index contributed by atoms with van der Waals surface area (Å²) >= 11 is 0. The number of rotatable bonds is 5. The van der Waals surface area contributed by atoms with Crippen LogP contribution in [0.4, 0.5) is 0 Å². The van der Waals surface area contributed by atoms with Gasteiger partial charge in [-0.3, -0.25) is 4.79 Å². The summed E-state index contributed by atoms with van der Waals surface area (Å²) in [6, 6.07) is 5.73. The Morgan fingerprint density at radius 3 is 2.61 bits per heavy atom. The lowest BCUT2D eigenvalue weighted by atomic mass is 10.1. The fourth-order valence-electron chi connectivity index (χ4n) is 1.78. The SMILES string of the molecule is COc1ccccc1C(NC(=O)C1CC1)C(=O)O. The van der Waals surface area contributed by atoms with Crippen LogP contribution in [0.25, 0.3) is 0 Å². The molecule has 2 rings (SSSR count). The molecule has 96 valence electrons. The minimum Gasteiger partial charge on any atom is -0.496 e. The van der Waals surface area contributed by atoms with Crippen molar-refractivity contribution < 1.29 is 19.4 Å². The molecular weight excluding hydrogens is 234 g/mol. The lowest BCUT2D eigenvalue weighted by Crippen LogP contribution is -2.34. The number of methoxy groups -OCH3 is 1. The van der Waals surface area contributed by atoms with Crippen LogP contribution in [0, 0.1) is 5.92 Å². The Bertz CT molecular complexity index is 468. The Kier molecular flexibility index (Phi) is 3.50. The Labute approximate surface area is 105 Å². The van der Waals surface area contributed by atoms with Gasteiger partial charge in [0.2, 0.25) is 5.91 Å². The molecule has 1 aliphatic rings. The molecule has 1 aliphatic carbocycles. The van der Waals surface area contributed by atoms with E-state index in [1.807, 2.05) is 0 Å². The minimum absolute atomic E-state index is 0.0263. The molecule has 1 saturated carbocycles. The fraction of sp³-hybridized carbons (Fsp3) is 0.385. The van der Waals surface area contributed by atoms with Gasteiger partial charge in [0.15, 0.2) is 6.04 Å². The van der Waals surface area contributed by atoms with Crippen molar-refractivity contribution >= 4 is 11.9 Å². The third kappa shape index (κ3) is 2.61. The maximum absolute atomic E-state index is 11.7. The highest BCUT2D eigenvalue weighted by molar-refractivity contribution is 5.87. The molecule has 0 saturated heterocycles. The molecule has 0 aromatic heterocycles. The predicted molar refractivity (Wildman–Crippen MR) is 64.2 cm³/mol. The lowest BCUT2D eigenvalue weighted by molar-refractivity contribution is -0.142. The smallest absolute Gasteiger partial charge is 0.331 e. The summed E-state index contributed by atoms with van der Waals surface area (Å²) in [5.74, 6) is -0.857. The first kappa shape index (κ1) is 12.4. The first-order chi connectivity index (χ1) is 8.63. The number of benzene rings is 1. The number of amides is 1. The number of carboxylic acids is 1. The van der Waals surface area contributed by atoms with E-state index in [2.05, 4.69) is 5.32 Å². The standard InChI is InChI=1S/C13H15NO4/c1-18-10-5-3-2-4-9(10)11(13(16)17)14-12(15)8-6-7-8/h2-5,8,11H,6-7H2,1H3,(H,14,15)(H,16,17). The molecule has 0 aliphatic heterocycles. The maximum atomic E-state index is 11.7. The zero-order valence-electron chi connectivity index (χ0n) is 10.1. The average Bonchev–Trinajstić information content (AvgIpc) is 3.19. The molecule has 1 aromatic rings. The first-order valence-corrected chi connectivity index (χ1v) is 5.79. The van der Waals surface area contributed by atoms with Gasteiger partial charge in [-0.15, -0.1) is 0 Å². The van der Waals surface area contributed by atoms with Crippen LogP contribution in [0.2, 0.25) is 0 Å². The van der Waals surface area contributed by atoms with Gasteiger partial charge in [-0.05, 0) is 18.9 Å². The fourth-order valence-corrected chi connectivity index (χ4v) is 1.78. The first-order valence-electron chi connectivity index (χ1n) is 5.79. The summed E-state index contributed by atoms with van der Waals surface area (Å²) in [5, 5.41) is 11.8. The molecular formula is C13H15NO4. The number of carbonyl (C=O) groups excluding carboxylic acids is 1. The van der Waals surface area contributed by atoms with Crippen LogP contribution >= 0.6 is 0 Å². The van der Waals surface area contributed by atoms with Crippen molar-refractivity contribution in [3.8, 4) is 5.75 Å². The molecule has 0 heterocycles. The molecule has 0 spiro atoms. The van der Waals surface area contributed by atoms with E-state index in [4.69, 9.17) is 4.74 Å². The van der Waals surface area contributed by atoms with E-state index in [9.17, 15) is 14.7 Å². The van der Waals surface area contributed by atoms with Gasteiger partial charge >= 0.3 is 5.97 Å². The Morgan fingerprint density at radius 2 is 2.06 bits per heavy atom. The topological polar surface area (TPSA) is 75.6 Å². The Balaban J connectivity index is 2.23. The quantitative estimate of drug-likeness (QED) is 0.825. The van der Waals surface area contributed by atoms with Crippen molar-refractivity contribution in [3.05, 3.63) is 29.8 Å². The number of hydrogen-bond donors (Lipinski definition) is 2.